The number of carbonyl (C=O) groups excluding carboxylic acids is 1. The summed E-state index contributed by atoms with van der Waals surface area (Å²) in [5.41, 5.74) is 2.14. The summed E-state index contributed by atoms with van der Waals surface area (Å²) in [5.74, 6) is 0.507. The van der Waals surface area contributed by atoms with Crippen LogP contribution in [0.15, 0.2) is 23.3 Å². The predicted octanol–water partition coefficient (Wildman–Crippen LogP) is 2.49. The first kappa shape index (κ1) is 8.25. The normalized spacial score (nSPS) is 32.3. The van der Waals surface area contributed by atoms with Gasteiger partial charge in [-0.3, -0.25) is 4.79 Å². The summed E-state index contributed by atoms with van der Waals surface area (Å²) in [7, 11) is 0. The number of hydrogen-bond acceptors (Lipinski definition) is 1. The van der Waals surface area contributed by atoms with Crippen molar-refractivity contribution in [3.63, 3.8) is 0 Å². The van der Waals surface area contributed by atoms with Crippen LogP contribution in [-0.4, -0.2) is 5.78 Å². The molecule has 1 rings (SSSR count). The van der Waals surface area contributed by atoms with Crippen LogP contribution in [0, 0.1) is 5.92 Å². The monoisotopic (exact) mass is 150 g/mol. The molecule has 0 N–H and O–H groups in total. The maximum atomic E-state index is 11.4. The van der Waals surface area contributed by atoms with Crippen LogP contribution >= 0.6 is 0 Å². The van der Waals surface area contributed by atoms with Gasteiger partial charge in [-0.05, 0) is 25.8 Å². The van der Waals surface area contributed by atoms with Crippen LogP contribution in [0.4, 0.5) is 0 Å². The van der Waals surface area contributed by atoms with Crippen LogP contribution < -0.4 is 0 Å². The van der Waals surface area contributed by atoms with E-state index in [2.05, 4.69) is 0 Å². The lowest BCUT2D eigenvalue weighted by Crippen LogP contribution is -2.01. The van der Waals surface area contributed by atoms with Crippen molar-refractivity contribution in [2.24, 2.45) is 5.92 Å². The minimum absolute atomic E-state index is 0.201. The third-order valence-corrected chi connectivity index (χ3v) is 2.22. The lowest BCUT2D eigenvalue weighted by Gasteiger charge is -1.93. The molecule has 1 atom stereocenters. The van der Waals surface area contributed by atoms with Crippen molar-refractivity contribution in [1.29, 1.82) is 0 Å². The van der Waals surface area contributed by atoms with Gasteiger partial charge in [0, 0.05) is 11.5 Å². The lowest BCUT2D eigenvalue weighted by atomic mass is 10.1. The molecule has 0 aromatic heterocycles. The Morgan fingerprint density at radius 2 is 2.00 bits per heavy atom. The van der Waals surface area contributed by atoms with Crippen LogP contribution in [0.3, 0.4) is 0 Å². The fraction of sp³-hybridized carbons (Fsp3) is 0.500. The summed E-state index contributed by atoms with van der Waals surface area (Å²) in [4.78, 5) is 11.4. The summed E-state index contributed by atoms with van der Waals surface area (Å²) in [6, 6.07) is 0. The minimum Gasteiger partial charge on any atom is -0.294 e. The summed E-state index contributed by atoms with van der Waals surface area (Å²) in [5, 5.41) is 0. The van der Waals surface area contributed by atoms with Gasteiger partial charge in [0.2, 0.25) is 0 Å². The second-order valence-corrected chi connectivity index (χ2v) is 2.99. The smallest absolute Gasteiger partial charge is 0.165 e. The van der Waals surface area contributed by atoms with Crippen LogP contribution in [0.25, 0.3) is 0 Å². The molecule has 0 bridgehead atoms. The molecule has 1 saturated carbocycles. The van der Waals surface area contributed by atoms with E-state index in [0.29, 0.717) is 5.78 Å². The first-order valence-corrected chi connectivity index (χ1v) is 4.06. The van der Waals surface area contributed by atoms with Gasteiger partial charge >= 0.3 is 0 Å². The van der Waals surface area contributed by atoms with Crippen LogP contribution in [0.2, 0.25) is 0 Å². The van der Waals surface area contributed by atoms with Gasteiger partial charge in [-0.25, -0.2) is 0 Å². The average molecular weight is 150 g/mol. The number of hydrogen-bond donors (Lipinski definition) is 0. The first-order valence-electron chi connectivity index (χ1n) is 4.06. The highest BCUT2D eigenvalue weighted by molar-refractivity contribution is 6.04. The summed E-state index contributed by atoms with van der Waals surface area (Å²) >= 11 is 0. The average Bonchev–Trinajstić information content (AvgIpc) is 2.28. The highest BCUT2D eigenvalue weighted by Gasteiger charge is 2.28. The molecule has 60 valence electrons. The van der Waals surface area contributed by atoms with E-state index in [1.165, 1.54) is 5.57 Å². The van der Waals surface area contributed by atoms with Crippen molar-refractivity contribution in [2.75, 3.05) is 0 Å². The van der Waals surface area contributed by atoms with Crippen molar-refractivity contribution >= 4 is 5.78 Å². The van der Waals surface area contributed by atoms with Gasteiger partial charge in [0.05, 0.1) is 0 Å². The highest BCUT2D eigenvalue weighted by atomic mass is 16.1. The quantitative estimate of drug-likeness (QED) is 0.485. The van der Waals surface area contributed by atoms with Crippen molar-refractivity contribution in [3.8, 4) is 0 Å². The zero-order valence-corrected chi connectivity index (χ0v) is 7.35. The Balaban J connectivity index is 3.01. The Kier molecular flexibility index (Phi) is 2.28. The molecule has 0 radical (unpaired) electrons. The molecule has 0 heterocycles. The van der Waals surface area contributed by atoms with Crippen LogP contribution in [0.5, 0.6) is 0 Å². The van der Waals surface area contributed by atoms with Crippen molar-refractivity contribution in [3.05, 3.63) is 23.3 Å². The fourth-order valence-electron chi connectivity index (χ4n) is 1.56. The van der Waals surface area contributed by atoms with E-state index < -0.39 is 0 Å². The van der Waals surface area contributed by atoms with E-state index in [1.54, 1.807) is 0 Å². The molecule has 11 heavy (non-hydrogen) atoms. The Labute approximate surface area is 67.8 Å². The Morgan fingerprint density at radius 3 is 2.36 bits per heavy atom. The third-order valence-electron chi connectivity index (χ3n) is 2.22. The maximum Gasteiger partial charge on any atom is 0.165 e. The number of carbonyl (C=O) groups is 1. The molecule has 1 fully saturated rings. The summed E-state index contributed by atoms with van der Waals surface area (Å²) in [6.07, 6.45) is 4.88. The largest absolute Gasteiger partial charge is 0.294 e. The number of ketones is 1. The molecule has 0 aromatic carbocycles. The SMILES string of the molecule is C/C=C1/CC(C)C(=O)/C1=C/C. The molecule has 1 aliphatic rings. The second kappa shape index (κ2) is 3.04. The van der Waals surface area contributed by atoms with Gasteiger partial charge in [0.15, 0.2) is 5.78 Å². The molecular formula is C10H14O. The zero-order valence-electron chi connectivity index (χ0n) is 7.35. The van der Waals surface area contributed by atoms with Crippen LogP contribution in [0.1, 0.15) is 27.2 Å². The van der Waals surface area contributed by atoms with Gasteiger partial charge < -0.3 is 0 Å². The molecule has 1 heteroatoms. The topological polar surface area (TPSA) is 17.1 Å². The molecule has 1 aliphatic carbocycles. The Hall–Kier alpha value is -0.850. The Bertz CT molecular complexity index is 233. The molecular weight excluding hydrogens is 136 g/mol. The van der Waals surface area contributed by atoms with E-state index in [-0.39, 0.29) is 5.92 Å². The van der Waals surface area contributed by atoms with Crippen molar-refractivity contribution in [1.82, 2.24) is 0 Å². The van der Waals surface area contributed by atoms with E-state index in [4.69, 9.17) is 0 Å². The number of Topliss-reactive ketones (excluding diaryl/α,β-unsaturated/α-hetero) is 1. The number of rotatable bonds is 0. The molecule has 0 spiro atoms. The van der Waals surface area contributed by atoms with Gasteiger partial charge in [-0.2, -0.15) is 0 Å². The lowest BCUT2D eigenvalue weighted by molar-refractivity contribution is -0.117. The molecule has 1 unspecified atom stereocenters. The van der Waals surface area contributed by atoms with Gasteiger partial charge in [-0.1, -0.05) is 19.1 Å². The maximum absolute atomic E-state index is 11.4. The van der Waals surface area contributed by atoms with Crippen LogP contribution in [-0.2, 0) is 4.79 Å². The molecule has 0 saturated heterocycles. The molecule has 1 nitrogen and oxygen atoms in total. The van der Waals surface area contributed by atoms with E-state index in [1.807, 2.05) is 32.9 Å². The second-order valence-electron chi connectivity index (χ2n) is 2.99. The van der Waals surface area contributed by atoms with E-state index in [0.717, 1.165) is 12.0 Å². The Morgan fingerprint density at radius 1 is 1.36 bits per heavy atom. The van der Waals surface area contributed by atoms with Gasteiger partial charge in [-0.15, -0.1) is 0 Å². The minimum atomic E-state index is 0.201. The standard InChI is InChI=1S/C10H14O/c1-4-8-6-7(3)10(11)9(8)5-2/h4-5,7H,6H2,1-3H3/b8-4-,9-5+. The zero-order chi connectivity index (χ0) is 8.43. The predicted molar refractivity (Wildman–Crippen MR) is 46.3 cm³/mol. The summed E-state index contributed by atoms with van der Waals surface area (Å²) in [6.45, 7) is 5.90. The molecule has 0 amide bonds. The van der Waals surface area contributed by atoms with Crippen molar-refractivity contribution < 1.29 is 4.79 Å². The first-order chi connectivity index (χ1) is 5.20. The van der Waals surface area contributed by atoms with Gasteiger partial charge in [0.25, 0.3) is 0 Å². The highest BCUT2D eigenvalue weighted by Crippen LogP contribution is 2.31. The molecule has 0 aliphatic heterocycles. The summed E-state index contributed by atoms with van der Waals surface area (Å²) < 4.78 is 0. The third kappa shape index (κ3) is 1.28. The van der Waals surface area contributed by atoms with E-state index >= 15 is 0 Å². The molecule has 0 aromatic rings. The number of allylic oxidation sites excluding steroid dienone is 4. The fourth-order valence-corrected chi connectivity index (χ4v) is 1.56. The van der Waals surface area contributed by atoms with Gasteiger partial charge in [0.1, 0.15) is 0 Å². The van der Waals surface area contributed by atoms with E-state index in [9.17, 15) is 4.79 Å². The van der Waals surface area contributed by atoms with Crippen molar-refractivity contribution in [2.45, 2.75) is 27.2 Å².